The first-order valence-corrected chi connectivity index (χ1v) is 8.91. The number of carboxylic acid groups (broad SMARTS) is 1. The largest absolute Gasteiger partial charge is 0.478 e. The van der Waals surface area contributed by atoms with Crippen molar-refractivity contribution in [3.05, 3.63) is 52.3 Å². The van der Waals surface area contributed by atoms with Crippen molar-refractivity contribution in [2.75, 3.05) is 5.32 Å². The maximum Gasteiger partial charge on any atom is 0.339 e. The summed E-state index contributed by atoms with van der Waals surface area (Å²) in [6, 6.07) is 6.46. The maximum absolute atomic E-state index is 14.3. The second kappa shape index (κ2) is 6.42. The molecule has 1 spiro atoms. The van der Waals surface area contributed by atoms with Gasteiger partial charge in [0.05, 0.1) is 16.2 Å². The highest BCUT2D eigenvalue weighted by atomic mass is 35.5. The molecule has 6 nitrogen and oxygen atoms in total. The molecule has 4 rings (SSSR count). The van der Waals surface area contributed by atoms with Gasteiger partial charge < -0.3 is 20.5 Å². The SMILES string of the molecule is O=C1Nc2c(Cl)ccc(Oc3c(F)cccc3C(=O)O)c2C2(CCCC2)N1. The van der Waals surface area contributed by atoms with Crippen molar-refractivity contribution >= 4 is 29.3 Å². The Morgan fingerprint density at radius 3 is 2.67 bits per heavy atom. The van der Waals surface area contributed by atoms with Crippen molar-refractivity contribution < 1.29 is 23.8 Å². The van der Waals surface area contributed by atoms with Gasteiger partial charge in [-0.05, 0) is 37.1 Å². The first-order chi connectivity index (χ1) is 12.9. The average molecular weight is 391 g/mol. The summed E-state index contributed by atoms with van der Waals surface area (Å²) in [7, 11) is 0. The molecule has 0 radical (unpaired) electrons. The van der Waals surface area contributed by atoms with Crippen molar-refractivity contribution in [2.24, 2.45) is 0 Å². The van der Waals surface area contributed by atoms with Crippen molar-refractivity contribution in [1.29, 1.82) is 0 Å². The van der Waals surface area contributed by atoms with Crippen molar-refractivity contribution in [2.45, 2.75) is 31.2 Å². The van der Waals surface area contributed by atoms with Crippen LogP contribution in [0.2, 0.25) is 5.02 Å². The minimum absolute atomic E-state index is 0.261. The van der Waals surface area contributed by atoms with E-state index in [-0.39, 0.29) is 23.1 Å². The molecular weight excluding hydrogens is 375 g/mol. The lowest BCUT2D eigenvalue weighted by molar-refractivity contribution is 0.0693. The summed E-state index contributed by atoms with van der Waals surface area (Å²) in [6.07, 6.45) is 3.19. The van der Waals surface area contributed by atoms with Gasteiger partial charge in [-0.2, -0.15) is 0 Å². The zero-order valence-corrected chi connectivity index (χ0v) is 14.9. The Kier molecular flexibility index (Phi) is 4.19. The summed E-state index contributed by atoms with van der Waals surface area (Å²) in [6.45, 7) is 0. The number of anilines is 1. The number of urea groups is 1. The molecule has 3 N–H and O–H groups in total. The fraction of sp³-hybridized carbons (Fsp3) is 0.263. The van der Waals surface area contributed by atoms with Gasteiger partial charge >= 0.3 is 12.0 Å². The van der Waals surface area contributed by atoms with E-state index >= 15 is 0 Å². The molecule has 0 bridgehead atoms. The number of nitrogens with one attached hydrogen (secondary N) is 2. The number of carbonyl (C=O) groups is 2. The van der Waals surface area contributed by atoms with E-state index in [0.717, 1.165) is 18.9 Å². The predicted octanol–water partition coefficient (Wildman–Crippen LogP) is 4.87. The fourth-order valence-corrected chi connectivity index (χ4v) is 4.11. The van der Waals surface area contributed by atoms with Gasteiger partial charge in [-0.3, -0.25) is 0 Å². The van der Waals surface area contributed by atoms with E-state index in [1.807, 2.05) is 0 Å². The third-order valence-electron chi connectivity index (χ3n) is 5.05. The minimum Gasteiger partial charge on any atom is -0.478 e. The molecule has 1 aliphatic heterocycles. The molecule has 140 valence electrons. The predicted molar refractivity (Wildman–Crippen MR) is 97.2 cm³/mol. The molecule has 1 saturated carbocycles. The number of halogens is 2. The number of hydrogen-bond acceptors (Lipinski definition) is 3. The normalized spacial score (nSPS) is 17.2. The Morgan fingerprint density at radius 1 is 1.22 bits per heavy atom. The number of ether oxygens (including phenoxy) is 1. The van der Waals surface area contributed by atoms with Crippen LogP contribution in [-0.2, 0) is 5.54 Å². The highest BCUT2D eigenvalue weighted by molar-refractivity contribution is 6.34. The zero-order valence-electron chi connectivity index (χ0n) is 14.1. The number of hydrogen-bond donors (Lipinski definition) is 3. The van der Waals surface area contributed by atoms with E-state index in [1.54, 1.807) is 6.07 Å². The quantitative estimate of drug-likeness (QED) is 0.697. The molecule has 2 aliphatic rings. The molecule has 1 fully saturated rings. The van der Waals surface area contributed by atoms with Crippen LogP contribution in [0.25, 0.3) is 0 Å². The Labute approximate surface area is 159 Å². The molecule has 8 heteroatoms. The van der Waals surface area contributed by atoms with Gasteiger partial charge in [0.25, 0.3) is 0 Å². The second-order valence-electron chi connectivity index (χ2n) is 6.69. The molecule has 0 atom stereocenters. The molecular formula is C19H16ClFN2O4. The monoisotopic (exact) mass is 390 g/mol. The van der Waals surface area contributed by atoms with Crippen LogP contribution in [0, 0.1) is 5.82 Å². The maximum atomic E-state index is 14.3. The Bertz CT molecular complexity index is 957. The van der Waals surface area contributed by atoms with Crippen LogP contribution < -0.4 is 15.4 Å². The van der Waals surface area contributed by atoms with Crippen LogP contribution in [0.3, 0.4) is 0 Å². The molecule has 1 heterocycles. The number of carbonyl (C=O) groups excluding carboxylic acids is 1. The summed E-state index contributed by atoms with van der Waals surface area (Å²) in [5.41, 5.74) is 0.0682. The van der Waals surface area contributed by atoms with Crippen LogP contribution in [0.1, 0.15) is 41.6 Å². The van der Waals surface area contributed by atoms with E-state index in [9.17, 15) is 19.1 Å². The number of fused-ring (bicyclic) bond motifs is 2. The van der Waals surface area contributed by atoms with Crippen LogP contribution in [0.5, 0.6) is 11.5 Å². The summed E-state index contributed by atoms with van der Waals surface area (Å²) in [5.74, 6) is -2.20. The van der Waals surface area contributed by atoms with E-state index in [0.29, 0.717) is 29.1 Å². The third-order valence-corrected chi connectivity index (χ3v) is 5.37. The molecule has 2 aromatic rings. The molecule has 2 aromatic carbocycles. The zero-order chi connectivity index (χ0) is 19.2. The molecule has 27 heavy (non-hydrogen) atoms. The van der Waals surface area contributed by atoms with E-state index in [1.165, 1.54) is 18.2 Å². The number of para-hydroxylation sites is 1. The van der Waals surface area contributed by atoms with Crippen LogP contribution in [0.15, 0.2) is 30.3 Å². The van der Waals surface area contributed by atoms with Gasteiger partial charge in [0, 0.05) is 5.56 Å². The number of benzene rings is 2. The Morgan fingerprint density at radius 2 is 1.96 bits per heavy atom. The van der Waals surface area contributed by atoms with Crippen LogP contribution in [-0.4, -0.2) is 17.1 Å². The number of amides is 2. The summed E-state index contributed by atoms with van der Waals surface area (Å²) >= 11 is 6.29. The summed E-state index contributed by atoms with van der Waals surface area (Å²) < 4.78 is 20.1. The summed E-state index contributed by atoms with van der Waals surface area (Å²) in [5, 5.41) is 15.3. The van der Waals surface area contributed by atoms with Gasteiger partial charge in [-0.1, -0.05) is 30.5 Å². The smallest absolute Gasteiger partial charge is 0.339 e. The first kappa shape index (κ1) is 17.6. The van der Waals surface area contributed by atoms with Crippen molar-refractivity contribution in [1.82, 2.24) is 5.32 Å². The molecule has 0 aromatic heterocycles. The van der Waals surface area contributed by atoms with Gasteiger partial charge in [-0.25, -0.2) is 14.0 Å². The fourth-order valence-electron chi connectivity index (χ4n) is 3.91. The number of rotatable bonds is 3. The van der Waals surface area contributed by atoms with Gasteiger partial charge in [0.1, 0.15) is 11.3 Å². The summed E-state index contributed by atoms with van der Waals surface area (Å²) in [4.78, 5) is 23.6. The molecule has 2 amide bonds. The lowest BCUT2D eigenvalue weighted by atomic mass is 9.84. The van der Waals surface area contributed by atoms with Gasteiger partial charge in [0.2, 0.25) is 0 Å². The van der Waals surface area contributed by atoms with Crippen LogP contribution in [0.4, 0.5) is 14.9 Å². The van der Waals surface area contributed by atoms with E-state index < -0.39 is 17.3 Å². The minimum atomic E-state index is -1.30. The number of aromatic carboxylic acids is 1. The van der Waals surface area contributed by atoms with Gasteiger partial charge in [-0.15, -0.1) is 0 Å². The lowest BCUT2D eigenvalue weighted by Crippen LogP contribution is -2.50. The van der Waals surface area contributed by atoms with E-state index in [2.05, 4.69) is 10.6 Å². The molecule has 0 unspecified atom stereocenters. The molecule has 0 saturated heterocycles. The number of carboxylic acids is 1. The topological polar surface area (TPSA) is 87.7 Å². The Balaban J connectivity index is 1.89. The van der Waals surface area contributed by atoms with Gasteiger partial charge in [0.15, 0.2) is 11.6 Å². The second-order valence-corrected chi connectivity index (χ2v) is 7.09. The lowest BCUT2D eigenvalue weighted by Gasteiger charge is -2.38. The Hall–Kier alpha value is -2.80. The van der Waals surface area contributed by atoms with Crippen molar-refractivity contribution in [3.63, 3.8) is 0 Å². The van der Waals surface area contributed by atoms with E-state index in [4.69, 9.17) is 16.3 Å². The highest BCUT2D eigenvalue weighted by Gasteiger charge is 2.45. The van der Waals surface area contributed by atoms with Crippen LogP contribution >= 0.6 is 11.6 Å². The third kappa shape index (κ3) is 2.88. The van der Waals surface area contributed by atoms with Crippen molar-refractivity contribution in [3.8, 4) is 11.5 Å². The standard InChI is InChI=1S/C19H16ClFN2O4/c20-11-6-7-13(27-16-10(17(24)25)4-3-5-12(16)21)14-15(11)22-18(26)23-19(14)8-1-2-9-19/h3-7H,1-2,8-9H2,(H,24,25)(H2,22,23,26). The molecule has 1 aliphatic carbocycles. The first-order valence-electron chi connectivity index (χ1n) is 8.53. The average Bonchev–Trinajstić information content (AvgIpc) is 3.07. The highest BCUT2D eigenvalue weighted by Crippen LogP contribution is 2.51.